The van der Waals surface area contributed by atoms with Crippen molar-refractivity contribution < 1.29 is 18.3 Å². The van der Waals surface area contributed by atoms with Crippen LogP contribution in [0.3, 0.4) is 0 Å². The molecular weight excluding hydrogens is 601 g/mol. The predicted octanol–water partition coefficient (Wildman–Crippen LogP) is 14.0. The smallest absolute Gasteiger partial charge is 0.166 e. The molecule has 0 bridgehead atoms. The van der Waals surface area contributed by atoms with E-state index in [1.165, 1.54) is 64.2 Å². The molecule has 0 aliphatic heterocycles. The highest BCUT2D eigenvalue weighted by Gasteiger charge is 2.29. The largest absolute Gasteiger partial charge is 0.516 e. The quantitative estimate of drug-likeness (QED) is 0.120. The molecule has 0 spiro atoms. The molecule has 0 radical (unpaired) electrons. The van der Waals surface area contributed by atoms with Crippen LogP contribution in [-0.2, 0) is 6.42 Å². The van der Waals surface area contributed by atoms with Gasteiger partial charge >= 0.3 is 0 Å². The Morgan fingerprint density at radius 3 is 2.02 bits per heavy atom. The molecule has 0 saturated heterocycles. The van der Waals surface area contributed by atoms with Crippen molar-refractivity contribution in [2.45, 2.75) is 122 Å². The summed E-state index contributed by atoms with van der Waals surface area (Å²) in [4.78, 5) is 0. The van der Waals surface area contributed by atoms with Gasteiger partial charge in [0.05, 0.1) is 6.26 Å². The number of halogens is 3. The summed E-state index contributed by atoms with van der Waals surface area (Å²) in [6.07, 6.45) is 25.5. The van der Waals surface area contributed by atoms with E-state index in [0.717, 1.165) is 79.7 Å². The molecule has 1 atom stereocenters. The van der Waals surface area contributed by atoms with Crippen molar-refractivity contribution in [3.63, 3.8) is 0 Å². The van der Waals surface area contributed by atoms with Crippen molar-refractivity contribution in [1.29, 1.82) is 0 Å². The van der Waals surface area contributed by atoms with Gasteiger partial charge in [-0.2, -0.15) is 0 Å². The summed E-state index contributed by atoms with van der Waals surface area (Å²) in [6, 6.07) is 16.2. The lowest BCUT2D eigenvalue weighted by atomic mass is 9.70. The molecule has 0 aromatic heterocycles. The summed E-state index contributed by atoms with van der Waals surface area (Å²) >= 11 is 0. The molecule has 1 nitrogen and oxygen atoms in total. The molecule has 1 N–H and O–H groups in total. The maximum atomic E-state index is 15.5. The predicted molar refractivity (Wildman–Crippen MR) is 195 cm³/mol. The minimum Gasteiger partial charge on any atom is -0.516 e. The van der Waals surface area contributed by atoms with Crippen molar-refractivity contribution >= 4 is 5.57 Å². The highest BCUT2D eigenvalue weighted by molar-refractivity contribution is 5.74. The Hall–Kier alpha value is -3.27. The molecule has 2 aliphatic carbocycles. The number of allylic oxidation sites excluding steroid dienone is 3. The van der Waals surface area contributed by atoms with E-state index in [9.17, 15) is 4.39 Å². The number of hydrogen-bond donors (Lipinski definition) is 1. The van der Waals surface area contributed by atoms with Crippen molar-refractivity contribution in [3.8, 4) is 22.3 Å². The van der Waals surface area contributed by atoms with Gasteiger partial charge in [-0.05, 0) is 109 Å². The molecule has 5 rings (SSSR count). The second-order valence-electron chi connectivity index (χ2n) is 14.4. The van der Waals surface area contributed by atoms with Gasteiger partial charge in [-0.15, -0.1) is 0 Å². The molecule has 0 amide bonds. The van der Waals surface area contributed by atoms with Crippen LogP contribution >= 0.6 is 0 Å². The number of aryl methyl sites for hydroxylation is 1. The van der Waals surface area contributed by atoms with E-state index in [1.807, 2.05) is 30.3 Å². The fourth-order valence-corrected chi connectivity index (χ4v) is 8.13. The van der Waals surface area contributed by atoms with E-state index in [0.29, 0.717) is 29.0 Å². The lowest BCUT2D eigenvalue weighted by Crippen LogP contribution is -2.23. The van der Waals surface area contributed by atoms with Crippen LogP contribution < -0.4 is 0 Å². The van der Waals surface area contributed by atoms with E-state index < -0.39 is 11.6 Å². The standard InChI is InChI=1S/C44H55F3O/c1-2-3-4-5-6-7-8-9-13-38-26-29-41(44(47)43(38)46)37-24-20-35(21-25-37)39-27-28-40(42(45)31-39)36-22-18-34(19-23-36)33-16-14-32(15-17-33)12-10-11-30-48/h11,20-22,24-34,48H,2-10,12-19,23H2,1H3/b30-11+. The molecule has 0 heterocycles. The van der Waals surface area contributed by atoms with Gasteiger partial charge in [0.25, 0.3) is 0 Å². The Kier molecular flexibility index (Phi) is 13.9. The zero-order chi connectivity index (χ0) is 33.7. The van der Waals surface area contributed by atoms with Crippen LogP contribution in [0, 0.1) is 35.2 Å². The van der Waals surface area contributed by atoms with Crippen molar-refractivity contribution in [2.24, 2.45) is 17.8 Å². The van der Waals surface area contributed by atoms with Gasteiger partial charge in [0, 0.05) is 11.1 Å². The average molecular weight is 657 g/mol. The molecule has 3 aromatic carbocycles. The highest BCUT2D eigenvalue weighted by Crippen LogP contribution is 2.42. The van der Waals surface area contributed by atoms with Gasteiger partial charge in [-0.1, -0.05) is 125 Å². The summed E-state index contributed by atoms with van der Waals surface area (Å²) in [7, 11) is 0. The Labute approximate surface area is 287 Å². The Morgan fingerprint density at radius 2 is 1.35 bits per heavy atom. The average Bonchev–Trinajstić information content (AvgIpc) is 3.12. The first-order chi connectivity index (χ1) is 23.5. The molecule has 258 valence electrons. The van der Waals surface area contributed by atoms with Crippen molar-refractivity contribution in [2.75, 3.05) is 0 Å². The van der Waals surface area contributed by atoms with Crippen LogP contribution in [0.15, 0.2) is 73.0 Å². The minimum atomic E-state index is -0.794. The molecule has 1 unspecified atom stereocenters. The lowest BCUT2D eigenvalue weighted by molar-refractivity contribution is 0.190. The van der Waals surface area contributed by atoms with Crippen molar-refractivity contribution in [3.05, 3.63) is 102 Å². The third-order valence-electron chi connectivity index (χ3n) is 11.2. The Balaban J connectivity index is 1.14. The van der Waals surface area contributed by atoms with E-state index in [-0.39, 0.29) is 11.4 Å². The van der Waals surface area contributed by atoms with Crippen LogP contribution in [0.25, 0.3) is 27.8 Å². The van der Waals surface area contributed by atoms with Crippen LogP contribution in [0.1, 0.15) is 127 Å². The number of unbranched alkanes of at least 4 members (excludes halogenated alkanes) is 7. The van der Waals surface area contributed by atoms with Crippen LogP contribution in [0.4, 0.5) is 13.2 Å². The van der Waals surface area contributed by atoms with E-state index in [4.69, 9.17) is 5.11 Å². The maximum Gasteiger partial charge on any atom is 0.166 e. The minimum absolute atomic E-state index is 0.209. The van der Waals surface area contributed by atoms with Gasteiger partial charge in [-0.25, -0.2) is 13.2 Å². The maximum absolute atomic E-state index is 15.5. The van der Waals surface area contributed by atoms with Crippen LogP contribution in [0.2, 0.25) is 0 Å². The summed E-state index contributed by atoms with van der Waals surface area (Å²) in [5.41, 5.74) is 4.74. The first-order valence-electron chi connectivity index (χ1n) is 18.8. The van der Waals surface area contributed by atoms with Gasteiger partial charge in [-0.3, -0.25) is 0 Å². The van der Waals surface area contributed by atoms with Crippen LogP contribution in [-0.4, -0.2) is 5.11 Å². The zero-order valence-corrected chi connectivity index (χ0v) is 29.0. The van der Waals surface area contributed by atoms with E-state index in [2.05, 4.69) is 13.0 Å². The summed E-state index contributed by atoms with van der Waals surface area (Å²) < 4.78 is 45.6. The summed E-state index contributed by atoms with van der Waals surface area (Å²) in [5.74, 6) is 0.496. The van der Waals surface area contributed by atoms with Gasteiger partial charge in [0.15, 0.2) is 11.6 Å². The fraction of sp³-hybridized carbons (Fsp3) is 0.500. The molecule has 4 heteroatoms. The SMILES string of the molecule is CCCCCCCCCCc1ccc(-c2ccc(-c3ccc(C4=CCC(C5CCC(CC/C=C/O)CC5)CC4)c(F)c3)cc2)c(F)c1F. The highest BCUT2D eigenvalue weighted by atomic mass is 19.2. The topological polar surface area (TPSA) is 20.2 Å². The van der Waals surface area contributed by atoms with Gasteiger partial charge in [0.2, 0.25) is 0 Å². The van der Waals surface area contributed by atoms with Gasteiger partial charge < -0.3 is 5.11 Å². The molecule has 2 aliphatic rings. The number of rotatable bonds is 16. The molecule has 48 heavy (non-hydrogen) atoms. The molecule has 3 aromatic rings. The first kappa shape index (κ1) is 36.0. The van der Waals surface area contributed by atoms with E-state index in [1.54, 1.807) is 30.3 Å². The molecule has 1 fully saturated rings. The number of hydrogen-bond acceptors (Lipinski definition) is 1. The van der Waals surface area contributed by atoms with E-state index >= 15 is 8.78 Å². The second kappa shape index (κ2) is 18.5. The lowest BCUT2D eigenvalue weighted by Gasteiger charge is -2.35. The third-order valence-corrected chi connectivity index (χ3v) is 11.2. The number of aliphatic hydroxyl groups excluding tert-OH is 1. The number of aliphatic hydroxyl groups is 1. The van der Waals surface area contributed by atoms with Crippen molar-refractivity contribution in [1.82, 2.24) is 0 Å². The first-order valence-corrected chi connectivity index (χ1v) is 18.8. The number of benzene rings is 3. The molecule has 1 saturated carbocycles. The Morgan fingerprint density at radius 1 is 0.688 bits per heavy atom. The fourth-order valence-electron chi connectivity index (χ4n) is 8.13. The van der Waals surface area contributed by atoms with Crippen LogP contribution in [0.5, 0.6) is 0 Å². The molecular formula is C44H55F3O. The normalized spacial score (nSPS) is 19.9. The Bertz CT molecular complexity index is 1500. The summed E-state index contributed by atoms with van der Waals surface area (Å²) in [6.45, 7) is 2.22. The second-order valence-corrected chi connectivity index (χ2v) is 14.4. The van der Waals surface area contributed by atoms with Gasteiger partial charge in [0.1, 0.15) is 5.82 Å². The zero-order valence-electron chi connectivity index (χ0n) is 29.0. The summed E-state index contributed by atoms with van der Waals surface area (Å²) in [5, 5.41) is 8.87. The monoisotopic (exact) mass is 656 g/mol. The third kappa shape index (κ3) is 9.67.